The first kappa shape index (κ1) is 11.5. The number of hydrogen-bond donors (Lipinski definition) is 0. The van der Waals surface area contributed by atoms with Gasteiger partial charge in [0.05, 0.1) is 0 Å². The summed E-state index contributed by atoms with van der Waals surface area (Å²) in [4.78, 5) is 10.7. The van der Waals surface area contributed by atoms with Crippen LogP contribution in [0.15, 0.2) is 12.4 Å². The van der Waals surface area contributed by atoms with Crippen molar-refractivity contribution < 1.29 is 0 Å². The average Bonchev–Trinajstić information content (AvgIpc) is 2.46. The van der Waals surface area contributed by atoms with Crippen LogP contribution < -0.4 is 4.90 Å². The van der Waals surface area contributed by atoms with E-state index in [2.05, 4.69) is 20.9 Å². The van der Waals surface area contributed by atoms with E-state index in [4.69, 9.17) is 5.26 Å². The summed E-state index contributed by atoms with van der Waals surface area (Å²) < 4.78 is 0. The van der Waals surface area contributed by atoms with Gasteiger partial charge in [-0.2, -0.15) is 5.26 Å². The van der Waals surface area contributed by atoms with Crippen LogP contribution in [0.25, 0.3) is 0 Å². The van der Waals surface area contributed by atoms with Crippen LogP contribution in [0.2, 0.25) is 0 Å². The first-order valence-electron chi connectivity index (χ1n) is 6.84. The first-order valence-corrected chi connectivity index (χ1v) is 6.84. The van der Waals surface area contributed by atoms with Gasteiger partial charge in [0.15, 0.2) is 11.5 Å². The molecule has 2 fully saturated rings. The third-order valence-corrected chi connectivity index (χ3v) is 4.38. The lowest BCUT2D eigenvalue weighted by molar-refractivity contribution is 0.202. The quantitative estimate of drug-likeness (QED) is 0.758. The molecule has 2 atom stereocenters. The zero-order valence-electron chi connectivity index (χ0n) is 10.5. The third kappa shape index (κ3) is 2.05. The maximum absolute atomic E-state index is 9.10. The first-order chi connectivity index (χ1) is 8.88. The minimum absolute atomic E-state index is 0.465. The Kier molecular flexibility index (Phi) is 3.14. The molecule has 94 valence electrons. The van der Waals surface area contributed by atoms with E-state index in [1.54, 1.807) is 12.4 Å². The van der Waals surface area contributed by atoms with Gasteiger partial charge in [-0.25, -0.2) is 9.97 Å². The summed E-state index contributed by atoms with van der Waals surface area (Å²) in [5.41, 5.74) is 0.465. The van der Waals surface area contributed by atoms with Gasteiger partial charge < -0.3 is 4.90 Å². The van der Waals surface area contributed by atoms with Gasteiger partial charge in [-0.3, -0.25) is 0 Å². The maximum Gasteiger partial charge on any atom is 0.183 e. The zero-order valence-corrected chi connectivity index (χ0v) is 10.5. The molecule has 0 spiro atoms. The molecule has 0 N–H and O–H groups in total. The average molecular weight is 242 g/mol. The Labute approximate surface area is 108 Å². The Hall–Kier alpha value is -1.63. The number of nitrogens with zero attached hydrogens (tertiary/aromatic N) is 4. The van der Waals surface area contributed by atoms with Gasteiger partial charge in [-0.15, -0.1) is 0 Å². The van der Waals surface area contributed by atoms with E-state index in [1.165, 1.54) is 32.1 Å². The molecule has 1 aromatic heterocycles. The molecule has 4 heteroatoms. The molecule has 18 heavy (non-hydrogen) atoms. The van der Waals surface area contributed by atoms with Crippen LogP contribution in [0.1, 0.15) is 37.8 Å². The molecule has 2 aliphatic rings. The SMILES string of the molecule is N#Cc1nccnc1N1CCC2CCCCC2C1. The predicted molar refractivity (Wildman–Crippen MR) is 69.0 cm³/mol. The van der Waals surface area contributed by atoms with Crippen molar-refractivity contribution in [1.29, 1.82) is 5.26 Å². The summed E-state index contributed by atoms with van der Waals surface area (Å²) >= 11 is 0. The van der Waals surface area contributed by atoms with E-state index in [-0.39, 0.29) is 0 Å². The molecule has 0 amide bonds. The number of fused-ring (bicyclic) bond motifs is 1. The van der Waals surface area contributed by atoms with Crippen molar-refractivity contribution in [3.05, 3.63) is 18.1 Å². The van der Waals surface area contributed by atoms with Gasteiger partial charge >= 0.3 is 0 Å². The Balaban J connectivity index is 1.79. The van der Waals surface area contributed by atoms with E-state index >= 15 is 0 Å². The Morgan fingerprint density at radius 3 is 2.72 bits per heavy atom. The standard InChI is InChI=1S/C14H18N4/c15-9-13-14(17-7-6-16-13)18-8-5-11-3-1-2-4-12(11)10-18/h6-7,11-12H,1-5,8,10H2. The molecule has 4 nitrogen and oxygen atoms in total. The second kappa shape index (κ2) is 4.93. The minimum Gasteiger partial charge on any atom is -0.354 e. The van der Waals surface area contributed by atoms with Gasteiger partial charge in [0.1, 0.15) is 6.07 Å². The highest BCUT2D eigenvalue weighted by Crippen LogP contribution is 2.37. The van der Waals surface area contributed by atoms with Crippen LogP contribution in [-0.4, -0.2) is 23.1 Å². The summed E-state index contributed by atoms with van der Waals surface area (Å²) in [7, 11) is 0. The lowest BCUT2D eigenvalue weighted by Crippen LogP contribution is -2.42. The summed E-state index contributed by atoms with van der Waals surface area (Å²) in [6.45, 7) is 2.08. The predicted octanol–water partition coefficient (Wildman–Crippen LogP) is 2.36. The molecule has 3 rings (SSSR count). The van der Waals surface area contributed by atoms with Crippen molar-refractivity contribution in [2.45, 2.75) is 32.1 Å². The van der Waals surface area contributed by atoms with E-state index in [0.717, 1.165) is 30.7 Å². The lowest BCUT2D eigenvalue weighted by atomic mass is 9.75. The number of piperidine rings is 1. The molecule has 1 saturated heterocycles. The Morgan fingerprint density at radius 2 is 1.89 bits per heavy atom. The van der Waals surface area contributed by atoms with E-state index in [0.29, 0.717) is 5.69 Å². The zero-order chi connectivity index (χ0) is 12.4. The van der Waals surface area contributed by atoms with Gasteiger partial charge in [-0.1, -0.05) is 19.3 Å². The number of nitriles is 1. The smallest absolute Gasteiger partial charge is 0.183 e. The van der Waals surface area contributed by atoms with Gasteiger partial charge in [0.2, 0.25) is 0 Å². The topological polar surface area (TPSA) is 52.8 Å². The normalized spacial score (nSPS) is 27.4. The second-order valence-electron chi connectivity index (χ2n) is 5.38. The molecular weight excluding hydrogens is 224 g/mol. The molecule has 1 aliphatic carbocycles. The summed E-state index contributed by atoms with van der Waals surface area (Å²) in [5.74, 6) is 2.47. The van der Waals surface area contributed by atoms with Crippen molar-refractivity contribution in [3.8, 4) is 6.07 Å². The van der Waals surface area contributed by atoms with E-state index in [1.807, 2.05) is 0 Å². The monoisotopic (exact) mass is 242 g/mol. The lowest BCUT2D eigenvalue weighted by Gasteiger charge is -2.41. The van der Waals surface area contributed by atoms with Crippen molar-refractivity contribution in [3.63, 3.8) is 0 Å². The molecule has 0 aromatic carbocycles. The number of rotatable bonds is 1. The molecule has 2 unspecified atom stereocenters. The van der Waals surface area contributed by atoms with Crippen LogP contribution in [0.5, 0.6) is 0 Å². The molecule has 1 saturated carbocycles. The van der Waals surface area contributed by atoms with Crippen molar-refractivity contribution in [2.24, 2.45) is 11.8 Å². The van der Waals surface area contributed by atoms with Crippen LogP contribution in [0.4, 0.5) is 5.82 Å². The number of anilines is 1. The molecule has 2 heterocycles. The largest absolute Gasteiger partial charge is 0.354 e. The van der Waals surface area contributed by atoms with Crippen molar-refractivity contribution in [1.82, 2.24) is 9.97 Å². The van der Waals surface area contributed by atoms with Crippen LogP contribution in [0.3, 0.4) is 0 Å². The summed E-state index contributed by atoms with van der Waals surface area (Å²) in [6, 6.07) is 2.15. The molecule has 1 aliphatic heterocycles. The molecule has 0 radical (unpaired) electrons. The molecule has 1 aromatic rings. The van der Waals surface area contributed by atoms with Gasteiger partial charge in [0, 0.05) is 25.5 Å². The highest BCUT2D eigenvalue weighted by atomic mass is 15.2. The fraction of sp³-hybridized carbons (Fsp3) is 0.643. The molecular formula is C14H18N4. The highest BCUT2D eigenvalue weighted by Gasteiger charge is 2.32. The van der Waals surface area contributed by atoms with Gasteiger partial charge in [-0.05, 0) is 24.7 Å². The summed E-state index contributed by atoms with van der Waals surface area (Å²) in [6.07, 6.45) is 10.0. The fourth-order valence-electron chi connectivity index (χ4n) is 3.43. The minimum atomic E-state index is 0.465. The highest BCUT2D eigenvalue weighted by molar-refractivity contribution is 5.49. The Bertz CT molecular complexity index is 465. The molecule has 0 bridgehead atoms. The Morgan fingerprint density at radius 1 is 1.11 bits per heavy atom. The summed E-state index contributed by atoms with van der Waals surface area (Å²) in [5, 5.41) is 9.10. The van der Waals surface area contributed by atoms with Crippen LogP contribution >= 0.6 is 0 Å². The van der Waals surface area contributed by atoms with Crippen molar-refractivity contribution in [2.75, 3.05) is 18.0 Å². The van der Waals surface area contributed by atoms with Crippen LogP contribution in [0, 0.1) is 23.2 Å². The number of aromatic nitrogens is 2. The van der Waals surface area contributed by atoms with E-state index < -0.39 is 0 Å². The fourth-order valence-corrected chi connectivity index (χ4v) is 3.43. The van der Waals surface area contributed by atoms with Gasteiger partial charge in [0.25, 0.3) is 0 Å². The number of hydrogen-bond acceptors (Lipinski definition) is 4. The second-order valence-corrected chi connectivity index (χ2v) is 5.38. The van der Waals surface area contributed by atoms with Crippen LogP contribution in [-0.2, 0) is 0 Å². The van der Waals surface area contributed by atoms with E-state index in [9.17, 15) is 0 Å². The van der Waals surface area contributed by atoms with Crippen molar-refractivity contribution >= 4 is 5.82 Å². The maximum atomic E-state index is 9.10. The third-order valence-electron chi connectivity index (χ3n) is 4.38.